The van der Waals surface area contributed by atoms with Crippen molar-refractivity contribution in [3.05, 3.63) is 0 Å². The van der Waals surface area contributed by atoms with E-state index in [0.29, 0.717) is 47.3 Å². The van der Waals surface area contributed by atoms with Crippen LogP contribution in [0.2, 0.25) is 0 Å². The molecule has 4 rings (SSSR count). The van der Waals surface area contributed by atoms with E-state index in [1.807, 2.05) is 0 Å². The molecule has 196 valence electrons. The van der Waals surface area contributed by atoms with Gasteiger partial charge in [0.15, 0.2) is 0 Å². The van der Waals surface area contributed by atoms with Crippen LogP contribution in [0, 0.1) is 52.3 Å². The van der Waals surface area contributed by atoms with Crippen LogP contribution in [0.4, 0.5) is 0 Å². The molecule has 4 aliphatic carbocycles. The van der Waals surface area contributed by atoms with E-state index in [0.717, 1.165) is 12.8 Å². The lowest BCUT2D eigenvalue weighted by Crippen LogP contribution is -2.57. The number of rotatable bonds is 8. The highest BCUT2D eigenvalue weighted by Crippen LogP contribution is 2.68. The number of carbonyl (C=O) groups is 1. The van der Waals surface area contributed by atoms with Crippen molar-refractivity contribution >= 4 is 16.2 Å². The van der Waals surface area contributed by atoms with Crippen molar-refractivity contribution in [2.75, 3.05) is 6.61 Å². The Morgan fingerprint density at radius 3 is 2.44 bits per heavy atom. The van der Waals surface area contributed by atoms with Crippen molar-refractivity contribution in [3.63, 3.8) is 0 Å². The summed E-state index contributed by atoms with van der Waals surface area (Å²) in [5, 5.41) is 11.4. The summed E-state index contributed by atoms with van der Waals surface area (Å²) in [4.78, 5) is 12.6. The lowest BCUT2D eigenvalue weighted by atomic mass is 9.44. The fourth-order valence-electron chi connectivity index (χ4n) is 9.33. The first kappa shape index (κ1) is 26.6. The average molecular weight is 499 g/mol. The average Bonchev–Trinajstić information content (AvgIpc) is 3.12. The number of aliphatic hydroxyl groups is 1. The molecule has 0 aromatic heterocycles. The molecule has 0 spiro atoms. The van der Waals surface area contributed by atoms with Crippen LogP contribution in [0.15, 0.2) is 0 Å². The number of carbonyl (C=O) groups excluding carboxylic acids is 1. The lowest BCUT2D eigenvalue weighted by Gasteiger charge is -2.62. The molecule has 4 saturated carbocycles. The Labute approximate surface area is 206 Å². The molecule has 0 amide bonds. The number of hydrogen-bond acceptors (Lipinski definition) is 5. The van der Waals surface area contributed by atoms with Gasteiger partial charge in [0.05, 0.1) is 12.7 Å². The van der Waals surface area contributed by atoms with Gasteiger partial charge in [-0.05, 0) is 97.7 Å². The Morgan fingerprint density at radius 1 is 1.03 bits per heavy atom. The highest BCUT2D eigenvalue weighted by atomic mass is 32.3. The van der Waals surface area contributed by atoms with Crippen molar-refractivity contribution in [2.24, 2.45) is 52.3 Å². The van der Waals surface area contributed by atoms with Crippen molar-refractivity contribution in [1.82, 2.24) is 0 Å². The number of aliphatic hydroxyl groups excluding tert-OH is 1. The molecule has 10 atom stereocenters. The standard InChI is InChI=1S/C27H46O6S/c1-17(8-11-23(28)18(2)16-33-34(30,31)32)20-9-10-21-25-22(12-14-27(20,21)4)26(3)13-6-5-7-19(26)15-24(25)29/h17-22,24-25,29H,5-16H2,1-4H3,(H,30,31,32)/t17?,18?,19-,20?,21?,22?,24?,25?,26?,27?/m1/s1. The van der Waals surface area contributed by atoms with Crippen molar-refractivity contribution < 1.29 is 27.1 Å². The monoisotopic (exact) mass is 498 g/mol. The second-order valence-electron chi connectivity index (χ2n) is 12.9. The van der Waals surface area contributed by atoms with E-state index in [1.165, 1.54) is 51.4 Å². The van der Waals surface area contributed by atoms with Gasteiger partial charge in [0.1, 0.15) is 5.78 Å². The zero-order valence-corrected chi connectivity index (χ0v) is 22.4. The predicted molar refractivity (Wildman–Crippen MR) is 131 cm³/mol. The van der Waals surface area contributed by atoms with Crippen LogP contribution in [0.5, 0.6) is 0 Å². The predicted octanol–water partition coefficient (Wildman–Crippen LogP) is 5.45. The minimum absolute atomic E-state index is 0.0159. The Kier molecular flexibility index (Phi) is 7.62. The summed E-state index contributed by atoms with van der Waals surface area (Å²) in [5.74, 6) is 2.73. The van der Waals surface area contributed by atoms with E-state index in [9.17, 15) is 18.3 Å². The fraction of sp³-hybridized carbons (Fsp3) is 0.963. The minimum atomic E-state index is -4.52. The van der Waals surface area contributed by atoms with Gasteiger partial charge in [-0.1, -0.05) is 40.5 Å². The second-order valence-corrected chi connectivity index (χ2v) is 14.0. The summed E-state index contributed by atoms with van der Waals surface area (Å²) >= 11 is 0. The first-order valence-corrected chi connectivity index (χ1v) is 15.1. The molecule has 6 nitrogen and oxygen atoms in total. The van der Waals surface area contributed by atoms with E-state index in [-0.39, 0.29) is 23.9 Å². The van der Waals surface area contributed by atoms with Crippen LogP contribution in [-0.2, 0) is 19.4 Å². The zero-order valence-electron chi connectivity index (χ0n) is 21.5. The number of fused-ring (bicyclic) bond motifs is 5. The summed E-state index contributed by atoms with van der Waals surface area (Å²) in [6, 6.07) is 0. The maximum atomic E-state index is 12.6. The molecule has 7 heteroatoms. The Bertz CT molecular complexity index is 857. The van der Waals surface area contributed by atoms with Gasteiger partial charge in [-0.2, -0.15) is 8.42 Å². The third kappa shape index (κ3) is 4.88. The van der Waals surface area contributed by atoms with Crippen LogP contribution < -0.4 is 0 Å². The van der Waals surface area contributed by atoms with Gasteiger partial charge in [0.25, 0.3) is 0 Å². The molecular formula is C27H46O6S. The fourth-order valence-corrected chi connectivity index (χ4v) is 9.70. The third-order valence-electron chi connectivity index (χ3n) is 11.2. The zero-order chi connectivity index (χ0) is 24.9. The first-order chi connectivity index (χ1) is 15.9. The second kappa shape index (κ2) is 9.75. The van der Waals surface area contributed by atoms with Crippen LogP contribution in [0.25, 0.3) is 0 Å². The van der Waals surface area contributed by atoms with Gasteiger partial charge >= 0.3 is 10.4 Å². The molecule has 0 radical (unpaired) electrons. The van der Waals surface area contributed by atoms with Crippen LogP contribution >= 0.6 is 0 Å². The van der Waals surface area contributed by atoms with Crippen molar-refractivity contribution in [2.45, 2.75) is 104 Å². The Morgan fingerprint density at radius 2 is 1.74 bits per heavy atom. The van der Waals surface area contributed by atoms with Gasteiger partial charge < -0.3 is 5.11 Å². The van der Waals surface area contributed by atoms with Gasteiger partial charge in [0, 0.05) is 12.3 Å². The molecule has 4 aliphatic rings. The molecular weight excluding hydrogens is 452 g/mol. The molecule has 0 aliphatic heterocycles. The Balaban J connectivity index is 1.40. The third-order valence-corrected chi connectivity index (χ3v) is 11.7. The summed E-state index contributed by atoms with van der Waals surface area (Å²) in [6.07, 6.45) is 12.1. The van der Waals surface area contributed by atoms with Crippen molar-refractivity contribution in [3.8, 4) is 0 Å². The quantitative estimate of drug-likeness (QED) is 0.432. The molecule has 9 unspecified atom stereocenters. The van der Waals surface area contributed by atoms with Gasteiger partial charge in [0.2, 0.25) is 0 Å². The highest BCUT2D eigenvalue weighted by Gasteiger charge is 2.62. The molecule has 0 aromatic carbocycles. The smallest absolute Gasteiger partial charge is 0.393 e. The Hall–Kier alpha value is -0.500. The first-order valence-electron chi connectivity index (χ1n) is 13.7. The van der Waals surface area contributed by atoms with Crippen LogP contribution in [-0.4, -0.2) is 36.6 Å². The SMILES string of the molecule is CC(COS(=O)(=O)O)C(=O)CCC(C)C1CCC2C3C(O)C[C@H]4CCCCC4(C)C3CCC12C. The topological polar surface area (TPSA) is 101 Å². The lowest BCUT2D eigenvalue weighted by molar-refractivity contribution is -0.164. The van der Waals surface area contributed by atoms with E-state index < -0.39 is 16.3 Å². The number of Topliss-reactive ketones (excluding diaryl/α,β-unsaturated/α-hetero) is 1. The van der Waals surface area contributed by atoms with Gasteiger partial charge in [-0.25, -0.2) is 4.18 Å². The molecule has 0 heterocycles. The van der Waals surface area contributed by atoms with E-state index in [4.69, 9.17) is 4.55 Å². The largest absolute Gasteiger partial charge is 0.397 e. The van der Waals surface area contributed by atoms with E-state index in [2.05, 4.69) is 25.0 Å². The van der Waals surface area contributed by atoms with Crippen molar-refractivity contribution in [1.29, 1.82) is 0 Å². The molecule has 34 heavy (non-hydrogen) atoms. The molecule has 2 N–H and O–H groups in total. The van der Waals surface area contributed by atoms with E-state index >= 15 is 0 Å². The van der Waals surface area contributed by atoms with Gasteiger partial charge in [-0.15, -0.1) is 0 Å². The summed E-state index contributed by atoms with van der Waals surface area (Å²) < 4.78 is 34.7. The minimum Gasteiger partial charge on any atom is -0.393 e. The van der Waals surface area contributed by atoms with E-state index in [1.54, 1.807) is 6.92 Å². The molecule has 4 fully saturated rings. The summed E-state index contributed by atoms with van der Waals surface area (Å²) in [5.41, 5.74) is 0.627. The maximum Gasteiger partial charge on any atom is 0.397 e. The van der Waals surface area contributed by atoms with Gasteiger partial charge in [-0.3, -0.25) is 9.35 Å². The maximum absolute atomic E-state index is 12.6. The molecule has 0 saturated heterocycles. The summed E-state index contributed by atoms with van der Waals surface area (Å²) in [7, 11) is -4.52. The summed E-state index contributed by atoms with van der Waals surface area (Å²) in [6.45, 7) is 8.61. The molecule has 0 bridgehead atoms. The molecule has 0 aromatic rings. The normalized spacial score (nSPS) is 43.9. The van der Waals surface area contributed by atoms with Crippen LogP contribution in [0.3, 0.4) is 0 Å². The van der Waals surface area contributed by atoms with Crippen LogP contribution in [0.1, 0.15) is 98.3 Å². The number of ketones is 1. The number of hydrogen-bond donors (Lipinski definition) is 2. The highest BCUT2D eigenvalue weighted by molar-refractivity contribution is 7.80.